The van der Waals surface area contributed by atoms with Crippen LogP contribution in [0.3, 0.4) is 0 Å². The van der Waals surface area contributed by atoms with Crippen molar-refractivity contribution in [1.82, 2.24) is 9.21 Å². The van der Waals surface area contributed by atoms with E-state index in [1.807, 2.05) is 6.07 Å². The van der Waals surface area contributed by atoms with Gasteiger partial charge in [0, 0.05) is 25.7 Å². The zero-order chi connectivity index (χ0) is 12.5. The van der Waals surface area contributed by atoms with Gasteiger partial charge < -0.3 is 0 Å². The summed E-state index contributed by atoms with van der Waals surface area (Å²) in [6.45, 7) is 4.76. The molecule has 0 amide bonds. The Kier molecular flexibility index (Phi) is 3.71. The van der Waals surface area contributed by atoms with Crippen molar-refractivity contribution in [2.75, 3.05) is 26.2 Å². The SMILES string of the molecule is CCC(C#N)S(=O)(=O)N1CCN2CCCC2C1. The van der Waals surface area contributed by atoms with Crippen LogP contribution in [0.5, 0.6) is 0 Å². The molecule has 2 aliphatic heterocycles. The van der Waals surface area contributed by atoms with Gasteiger partial charge in [0.15, 0.2) is 5.25 Å². The van der Waals surface area contributed by atoms with Crippen molar-refractivity contribution in [2.24, 2.45) is 0 Å². The summed E-state index contributed by atoms with van der Waals surface area (Å²) in [6.07, 6.45) is 2.60. The van der Waals surface area contributed by atoms with Gasteiger partial charge in [-0.3, -0.25) is 4.90 Å². The van der Waals surface area contributed by atoms with Crippen molar-refractivity contribution in [3.8, 4) is 6.07 Å². The lowest BCUT2D eigenvalue weighted by Crippen LogP contribution is -2.53. The average molecular weight is 257 g/mol. The number of sulfonamides is 1. The summed E-state index contributed by atoms with van der Waals surface area (Å²) in [5, 5.41) is 8.03. The van der Waals surface area contributed by atoms with Gasteiger partial charge >= 0.3 is 0 Å². The van der Waals surface area contributed by atoms with E-state index >= 15 is 0 Å². The quantitative estimate of drug-likeness (QED) is 0.734. The average Bonchev–Trinajstić information content (AvgIpc) is 2.77. The largest absolute Gasteiger partial charge is 0.298 e. The minimum Gasteiger partial charge on any atom is -0.298 e. The lowest BCUT2D eigenvalue weighted by molar-refractivity contribution is 0.158. The van der Waals surface area contributed by atoms with Crippen LogP contribution in [0, 0.1) is 11.3 Å². The standard InChI is InChI=1S/C11H19N3O2S/c1-2-11(8-12)17(15,16)14-7-6-13-5-3-4-10(13)9-14/h10-11H,2-7,9H2,1H3. The smallest absolute Gasteiger partial charge is 0.230 e. The van der Waals surface area contributed by atoms with Gasteiger partial charge in [-0.25, -0.2) is 8.42 Å². The van der Waals surface area contributed by atoms with Gasteiger partial charge in [0.05, 0.1) is 6.07 Å². The summed E-state index contributed by atoms with van der Waals surface area (Å²) >= 11 is 0. The molecule has 96 valence electrons. The lowest BCUT2D eigenvalue weighted by Gasteiger charge is -2.37. The normalized spacial score (nSPS) is 28.6. The molecule has 0 aromatic heterocycles. The maximum absolute atomic E-state index is 12.2. The minimum atomic E-state index is -3.42. The first-order chi connectivity index (χ1) is 8.09. The van der Waals surface area contributed by atoms with Crippen molar-refractivity contribution >= 4 is 10.0 Å². The van der Waals surface area contributed by atoms with Gasteiger partial charge in [0.2, 0.25) is 10.0 Å². The van der Waals surface area contributed by atoms with Crippen LogP contribution in [0.15, 0.2) is 0 Å². The molecule has 0 radical (unpaired) electrons. The molecule has 0 spiro atoms. The Bertz CT molecular complexity index is 415. The third-order valence-corrected chi connectivity index (χ3v) is 5.99. The molecule has 0 N–H and O–H groups in total. The van der Waals surface area contributed by atoms with Crippen LogP contribution < -0.4 is 0 Å². The second-order valence-electron chi connectivity index (χ2n) is 4.76. The Labute approximate surface area is 103 Å². The fraction of sp³-hybridized carbons (Fsp3) is 0.909. The van der Waals surface area contributed by atoms with Gasteiger partial charge in [0.1, 0.15) is 0 Å². The number of nitriles is 1. The van der Waals surface area contributed by atoms with Crippen molar-refractivity contribution in [2.45, 2.75) is 37.5 Å². The molecular formula is C11H19N3O2S. The number of hydrogen-bond acceptors (Lipinski definition) is 4. The summed E-state index contributed by atoms with van der Waals surface area (Å²) in [5.74, 6) is 0. The molecule has 2 fully saturated rings. The van der Waals surface area contributed by atoms with E-state index in [0.29, 0.717) is 25.6 Å². The second-order valence-corrected chi connectivity index (χ2v) is 6.88. The van der Waals surface area contributed by atoms with E-state index in [0.717, 1.165) is 25.9 Å². The molecule has 2 heterocycles. The Morgan fingerprint density at radius 1 is 1.41 bits per heavy atom. The number of rotatable bonds is 3. The highest BCUT2D eigenvalue weighted by Gasteiger charge is 2.38. The van der Waals surface area contributed by atoms with Crippen LogP contribution in [-0.4, -0.2) is 55.1 Å². The van der Waals surface area contributed by atoms with E-state index in [9.17, 15) is 8.42 Å². The third-order valence-electron chi connectivity index (χ3n) is 3.78. The Morgan fingerprint density at radius 3 is 2.82 bits per heavy atom. The maximum Gasteiger partial charge on any atom is 0.230 e. The van der Waals surface area contributed by atoms with Crippen LogP contribution in [0.4, 0.5) is 0 Å². The van der Waals surface area contributed by atoms with E-state index in [-0.39, 0.29) is 0 Å². The molecule has 0 bridgehead atoms. The van der Waals surface area contributed by atoms with Crippen LogP contribution in [0.2, 0.25) is 0 Å². The lowest BCUT2D eigenvalue weighted by atomic mass is 10.2. The van der Waals surface area contributed by atoms with Gasteiger partial charge in [-0.15, -0.1) is 0 Å². The first-order valence-electron chi connectivity index (χ1n) is 6.22. The fourth-order valence-corrected chi connectivity index (χ4v) is 4.37. The van der Waals surface area contributed by atoms with Crippen molar-refractivity contribution in [1.29, 1.82) is 5.26 Å². The van der Waals surface area contributed by atoms with E-state index in [1.54, 1.807) is 6.92 Å². The highest BCUT2D eigenvalue weighted by Crippen LogP contribution is 2.24. The molecule has 0 aliphatic carbocycles. The number of hydrogen-bond donors (Lipinski definition) is 0. The molecule has 6 heteroatoms. The molecule has 2 atom stereocenters. The Morgan fingerprint density at radius 2 is 2.18 bits per heavy atom. The predicted molar refractivity (Wildman–Crippen MR) is 64.8 cm³/mol. The first-order valence-corrected chi connectivity index (χ1v) is 7.72. The molecule has 5 nitrogen and oxygen atoms in total. The summed E-state index contributed by atoms with van der Waals surface area (Å²) in [5.41, 5.74) is 0. The van der Waals surface area contributed by atoms with Gasteiger partial charge in [0.25, 0.3) is 0 Å². The molecule has 2 rings (SSSR count). The van der Waals surface area contributed by atoms with Crippen LogP contribution in [-0.2, 0) is 10.0 Å². The monoisotopic (exact) mass is 257 g/mol. The first kappa shape index (κ1) is 12.8. The zero-order valence-corrected chi connectivity index (χ0v) is 11.0. The summed E-state index contributed by atoms with van der Waals surface area (Å²) in [6, 6.07) is 2.28. The molecule has 0 saturated carbocycles. The molecule has 17 heavy (non-hydrogen) atoms. The van der Waals surface area contributed by atoms with Crippen molar-refractivity contribution in [3.63, 3.8) is 0 Å². The van der Waals surface area contributed by atoms with Crippen molar-refractivity contribution < 1.29 is 8.42 Å². The van der Waals surface area contributed by atoms with Gasteiger partial charge in [-0.2, -0.15) is 9.57 Å². The van der Waals surface area contributed by atoms with E-state index < -0.39 is 15.3 Å². The molecule has 2 aliphatic rings. The van der Waals surface area contributed by atoms with E-state index in [4.69, 9.17) is 5.26 Å². The Hall–Kier alpha value is -0.640. The summed E-state index contributed by atoms with van der Waals surface area (Å²) in [4.78, 5) is 2.36. The number of piperazine rings is 1. The van der Waals surface area contributed by atoms with E-state index in [1.165, 1.54) is 4.31 Å². The molecule has 0 aromatic rings. The van der Waals surface area contributed by atoms with Gasteiger partial charge in [-0.1, -0.05) is 6.92 Å². The highest BCUT2D eigenvalue weighted by atomic mass is 32.2. The molecule has 0 aromatic carbocycles. The third kappa shape index (κ3) is 2.32. The second kappa shape index (κ2) is 4.92. The minimum absolute atomic E-state index is 0.365. The van der Waals surface area contributed by atoms with Crippen LogP contribution in [0.1, 0.15) is 26.2 Å². The summed E-state index contributed by atoms with van der Waals surface area (Å²) in [7, 11) is -3.42. The topological polar surface area (TPSA) is 64.4 Å². The van der Waals surface area contributed by atoms with E-state index in [2.05, 4.69) is 4.90 Å². The predicted octanol–water partition coefficient (Wildman–Crippen LogP) is 0.398. The number of fused-ring (bicyclic) bond motifs is 1. The zero-order valence-electron chi connectivity index (χ0n) is 10.2. The van der Waals surface area contributed by atoms with Gasteiger partial charge in [-0.05, 0) is 25.8 Å². The fourth-order valence-electron chi connectivity index (χ4n) is 2.74. The highest BCUT2D eigenvalue weighted by molar-refractivity contribution is 7.90. The van der Waals surface area contributed by atoms with Crippen LogP contribution >= 0.6 is 0 Å². The molecule has 2 unspecified atom stereocenters. The summed E-state index contributed by atoms with van der Waals surface area (Å²) < 4.78 is 26.0. The maximum atomic E-state index is 12.2. The Balaban J connectivity index is 2.10. The molecule has 2 saturated heterocycles. The molecular weight excluding hydrogens is 238 g/mol. The van der Waals surface area contributed by atoms with Crippen molar-refractivity contribution in [3.05, 3.63) is 0 Å². The number of nitrogens with zero attached hydrogens (tertiary/aromatic N) is 3. The van der Waals surface area contributed by atoms with Crippen LogP contribution in [0.25, 0.3) is 0 Å².